The zero-order valence-electron chi connectivity index (χ0n) is 14.8. The van der Waals surface area contributed by atoms with E-state index in [4.69, 9.17) is 0 Å². The first-order valence-electron chi connectivity index (χ1n) is 8.82. The van der Waals surface area contributed by atoms with Crippen molar-refractivity contribution in [2.45, 2.75) is 65.3 Å². The van der Waals surface area contributed by atoms with Crippen LogP contribution in [0.2, 0.25) is 0 Å². The van der Waals surface area contributed by atoms with Gasteiger partial charge in [-0.1, -0.05) is 40.2 Å². The molecule has 1 amide bonds. The Balaban J connectivity index is 1.92. The van der Waals surface area contributed by atoms with E-state index in [0.717, 1.165) is 32.4 Å². The summed E-state index contributed by atoms with van der Waals surface area (Å²) in [6, 6.07) is 6.72. The minimum Gasteiger partial charge on any atom is -0.358 e. The van der Waals surface area contributed by atoms with Crippen LogP contribution in [0.3, 0.4) is 0 Å². The van der Waals surface area contributed by atoms with Gasteiger partial charge in [0.2, 0.25) is 5.91 Å². The van der Waals surface area contributed by atoms with Crippen molar-refractivity contribution < 1.29 is 4.79 Å². The second kappa shape index (κ2) is 6.03. The van der Waals surface area contributed by atoms with Gasteiger partial charge in [0, 0.05) is 48.1 Å². The molecule has 23 heavy (non-hydrogen) atoms. The summed E-state index contributed by atoms with van der Waals surface area (Å²) in [5.74, 6) is 0.304. The average Bonchev–Trinajstić information content (AvgIpc) is 2.88. The summed E-state index contributed by atoms with van der Waals surface area (Å²) in [5.41, 5.74) is 5.32. The van der Waals surface area contributed by atoms with E-state index >= 15 is 0 Å². The van der Waals surface area contributed by atoms with Crippen molar-refractivity contribution in [3.8, 4) is 0 Å². The molecule has 1 N–H and O–H groups in total. The first-order valence-corrected chi connectivity index (χ1v) is 8.82. The lowest BCUT2D eigenvalue weighted by molar-refractivity contribution is -0.132. The molecule has 2 heterocycles. The number of aromatic nitrogens is 1. The summed E-state index contributed by atoms with van der Waals surface area (Å²) in [6.45, 7) is 10.5. The molecule has 3 rings (SSSR count). The highest BCUT2D eigenvalue weighted by Gasteiger charge is 2.24. The SMILES string of the molecule is CCCCC(=O)N1CCc2[nH]c3ccc(C(C)(C)C)cc3c2C1. The van der Waals surface area contributed by atoms with Gasteiger partial charge in [-0.3, -0.25) is 4.79 Å². The van der Waals surface area contributed by atoms with Crippen LogP contribution in [0.1, 0.15) is 63.8 Å². The highest BCUT2D eigenvalue weighted by atomic mass is 16.2. The van der Waals surface area contributed by atoms with Gasteiger partial charge in [0.25, 0.3) is 0 Å². The van der Waals surface area contributed by atoms with Crippen molar-refractivity contribution in [1.82, 2.24) is 9.88 Å². The Morgan fingerprint density at radius 3 is 2.78 bits per heavy atom. The Labute approximate surface area is 139 Å². The number of hydrogen-bond acceptors (Lipinski definition) is 1. The van der Waals surface area contributed by atoms with Crippen molar-refractivity contribution in [1.29, 1.82) is 0 Å². The molecule has 124 valence electrons. The quantitative estimate of drug-likeness (QED) is 0.887. The molecule has 3 heteroatoms. The summed E-state index contributed by atoms with van der Waals surface area (Å²) in [5, 5.41) is 1.29. The molecule has 0 saturated carbocycles. The normalized spacial score (nSPS) is 15.0. The van der Waals surface area contributed by atoms with Crippen molar-refractivity contribution in [2.75, 3.05) is 6.54 Å². The number of nitrogens with one attached hydrogen (secondary N) is 1. The number of fused-ring (bicyclic) bond motifs is 3. The standard InChI is InChI=1S/C20H28N2O/c1-5-6-7-19(23)22-11-10-18-16(13-22)15-12-14(20(2,3)4)8-9-17(15)21-18/h8-9,12,21H,5-7,10-11,13H2,1-4H3. The number of H-pyrrole nitrogens is 1. The molecule has 1 aromatic heterocycles. The number of carbonyl (C=O) groups is 1. The fourth-order valence-corrected chi connectivity index (χ4v) is 3.38. The molecule has 0 unspecified atom stereocenters. The van der Waals surface area contributed by atoms with Crippen LogP contribution in [0, 0.1) is 0 Å². The van der Waals surface area contributed by atoms with Gasteiger partial charge in [0.05, 0.1) is 0 Å². The third-order valence-corrected chi connectivity index (χ3v) is 4.94. The van der Waals surface area contributed by atoms with Crippen molar-refractivity contribution in [3.05, 3.63) is 35.0 Å². The van der Waals surface area contributed by atoms with Gasteiger partial charge >= 0.3 is 0 Å². The molecule has 0 bridgehead atoms. The van der Waals surface area contributed by atoms with Crippen molar-refractivity contribution >= 4 is 16.8 Å². The lowest BCUT2D eigenvalue weighted by atomic mass is 9.86. The smallest absolute Gasteiger partial charge is 0.222 e. The summed E-state index contributed by atoms with van der Waals surface area (Å²) in [7, 11) is 0. The number of amides is 1. The van der Waals surface area contributed by atoms with Gasteiger partial charge in [0.1, 0.15) is 0 Å². The molecule has 0 fully saturated rings. The van der Waals surface area contributed by atoms with E-state index in [2.05, 4.69) is 50.9 Å². The molecule has 1 aromatic carbocycles. The van der Waals surface area contributed by atoms with E-state index in [-0.39, 0.29) is 5.41 Å². The topological polar surface area (TPSA) is 36.1 Å². The van der Waals surface area contributed by atoms with Crippen molar-refractivity contribution in [3.63, 3.8) is 0 Å². The fourth-order valence-electron chi connectivity index (χ4n) is 3.38. The molecule has 0 radical (unpaired) electrons. The van der Waals surface area contributed by atoms with E-state index in [1.54, 1.807) is 0 Å². The van der Waals surface area contributed by atoms with E-state index in [1.165, 1.54) is 27.7 Å². The molecule has 0 aliphatic carbocycles. The monoisotopic (exact) mass is 312 g/mol. The summed E-state index contributed by atoms with van der Waals surface area (Å²) >= 11 is 0. The predicted molar refractivity (Wildman–Crippen MR) is 95.6 cm³/mol. The molecular formula is C20H28N2O. The zero-order chi connectivity index (χ0) is 16.6. The highest BCUT2D eigenvalue weighted by Crippen LogP contribution is 2.32. The Morgan fingerprint density at radius 2 is 2.09 bits per heavy atom. The predicted octanol–water partition coefficient (Wildman–Crippen LogP) is 4.54. The van der Waals surface area contributed by atoms with Gasteiger partial charge in [-0.05, 0) is 29.5 Å². The first kappa shape index (κ1) is 16.1. The van der Waals surface area contributed by atoms with Crippen LogP contribution in [-0.4, -0.2) is 22.3 Å². The molecule has 3 nitrogen and oxygen atoms in total. The average molecular weight is 312 g/mol. The van der Waals surface area contributed by atoms with Crippen LogP contribution in [-0.2, 0) is 23.2 Å². The Kier molecular flexibility index (Phi) is 4.22. The number of aromatic amines is 1. The third-order valence-electron chi connectivity index (χ3n) is 4.94. The number of benzene rings is 1. The summed E-state index contributed by atoms with van der Waals surface area (Å²) in [6.07, 6.45) is 3.69. The maximum atomic E-state index is 12.4. The van der Waals surface area contributed by atoms with Crippen LogP contribution in [0.4, 0.5) is 0 Å². The van der Waals surface area contributed by atoms with Crippen molar-refractivity contribution in [2.24, 2.45) is 0 Å². The first-order chi connectivity index (χ1) is 10.9. The Morgan fingerprint density at radius 1 is 1.30 bits per heavy atom. The molecule has 1 aliphatic rings. The summed E-state index contributed by atoms with van der Waals surface area (Å²) < 4.78 is 0. The number of nitrogens with zero attached hydrogens (tertiary/aromatic N) is 1. The minimum absolute atomic E-state index is 0.143. The molecule has 2 aromatic rings. The maximum Gasteiger partial charge on any atom is 0.222 e. The zero-order valence-corrected chi connectivity index (χ0v) is 14.8. The fraction of sp³-hybridized carbons (Fsp3) is 0.550. The van der Waals surface area contributed by atoms with Gasteiger partial charge in [-0.15, -0.1) is 0 Å². The second-order valence-electron chi connectivity index (χ2n) is 7.76. The molecule has 0 saturated heterocycles. The van der Waals surface area contributed by atoms with E-state index in [1.807, 2.05) is 4.90 Å². The summed E-state index contributed by atoms with van der Waals surface area (Å²) in [4.78, 5) is 18.0. The van der Waals surface area contributed by atoms with Crippen LogP contribution in [0.15, 0.2) is 18.2 Å². The van der Waals surface area contributed by atoms with Gasteiger partial charge in [-0.2, -0.15) is 0 Å². The van der Waals surface area contributed by atoms with Gasteiger partial charge in [0.15, 0.2) is 0 Å². The van der Waals surface area contributed by atoms with E-state index in [0.29, 0.717) is 12.3 Å². The second-order valence-corrected chi connectivity index (χ2v) is 7.76. The lowest BCUT2D eigenvalue weighted by Crippen LogP contribution is -2.35. The van der Waals surface area contributed by atoms with Crippen LogP contribution < -0.4 is 0 Å². The van der Waals surface area contributed by atoms with E-state index < -0.39 is 0 Å². The van der Waals surface area contributed by atoms with E-state index in [9.17, 15) is 4.79 Å². The largest absolute Gasteiger partial charge is 0.358 e. The lowest BCUT2D eigenvalue weighted by Gasteiger charge is -2.27. The highest BCUT2D eigenvalue weighted by molar-refractivity contribution is 5.87. The Bertz CT molecular complexity index is 721. The molecule has 0 atom stereocenters. The number of hydrogen-bond donors (Lipinski definition) is 1. The van der Waals surface area contributed by atoms with Gasteiger partial charge < -0.3 is 9.88 Å². The number of carbonyl (C=O) groups excluding carboxylic acids is 1. The Hall–Kier alpha value is -1.77. The van der Waals surface area contributed by atoms with Crippen LogP contribution in [0.25, 0.3) is 10.9 Å². The number of unbranched alkanes of at least 4 members (excludes halogenated alkanes) is 1. The maximum absolute atomic E-state index is 12.4. The number of rotatable bonds is 3. The van der Waals surface area contributed by atoms with Gasteiger partial charge in [-0.25, -0.2) is 0 Å². The molecule has 1 aliphatic heterocycles. The van der Waals surface area contributed by atoms with Crippen LogP contribution in [0.5, 0.6) is 0 Å². The van der Waals surface area contributed by atoms with Crippen LogP contribution >= 0.6 is 0 Å². The molecule has 0 spiro atoms. The minimum atomic E-state index is 0.143. The molecular weight excluding hydrogens is 284 g/mol. The third kappa shape index (κ3) is 3.15.